The molecule has 4 heterocycles. The van der Waals surface area contributed by atoms with Crippen molar-refractivity contribution >= 4 is 22.3 Å². The second-order valence-electron chi connectivity index (χ2n) is 8.58. The number of rotatable bonds is 4. The van der Waals surface area contributed by atoms with Gasteiger partial charge < -0.3 is 16.0 Å². The minimum atomic E-state index is -0.184. The molecule has 0 amide bonds. The summed E-state index contributed by atoms with van der Waals surface area (Å²) in [5, 5.41) is 8.90. The molecule has 2 unspecified atom stereocenters. The van der Waals surface area contributed by atoms with E-state index < -0.39 is 0 Å². The maximum atomic E-state index is 13.6. The summed E-state index contributed by atoms with van der Waals surface area (Å²) in [6.07, 6.45) is 3.59. The van der Waals surface area contributed by atoms with Crippen LogP contribution in [0.5, 0.6) is 0 Å². The normalized spacial score (nSPS) is 20.3. The maximum Gasteiger partial charge on any atom is 0.293 e. The molecule has 33 heavy (non-hydrogen) atoms. The van der Waals surface area contributed by atoms with Crippen molar-refractivity contribution in [2.75, 3.05) is 29.9 Å². The number of hydrogen-bond donors (Lipinski definition) is 2. The van der Waals surface area contributed by atoms with E-state index >= 15 is 0 Å². The van der Waals surface area contributed by atoms with Gasteiger partial charge >= 0.3 is 0 Å². The highest BCUT2D eigenvalue weighted by molar-refractivity contribution is 5.80. The zero-order valence-corrected chi connectivity index (χ0v) is 19.0. The minimum absolute atomic E-state index is 0.131. The molecule has 0 bridgehead atoms. The number of likely N-dealkylation sites (tertiary alicyclic amines) is 1. The van der Waals surface area contributed by atoms with E-state index in [1.807, 2.05) is 36.1 Å². The van der Waals surface area contributed by atoms with Gasteiger partial charge in [0.05, 0.1) is 23.9 Å². The van der Waals surface area contributed by atoms with Crippen molar-refractivity contribution in [3.8, 4) is 11.8 Å². The van der Waals surface area contributed by atoms with Crippen LogP contribution in [-0.2, 0) is 6.54 Å². The topological polar surface area (TPSA) is 105 Å². The number of para-hydroxylation sites is 1. The van der Waals surface area contributed by atoms with Crippen molar-refractivity contribution < 1.29 is 0 Å². The summed E-state index contributed by atoms with van der Waals surface area (Å²) in [4.78, 5) is 27.1. The molecule has 2 atom stereocenters. The van der Waals surface area contributed by atoms with Gasteiger partial charge in [0.1, 0.15) is 12.2 Å². The number of aryl methyl sites for hydroxylation is 1. The Labute approximate surface area is 192 Å². The van der Waals surface area contributed by atoms with E-state index in [2.05, 4.69) is 37.1 Å². The first-order valence-corrected chi connectivity index (χ1v) is 11.3. The number of hydrogen-bond acceptors (Lipinski definition) is 8. The van der Waals surface area contributed by atoms with Crippen molar-refractivity contribution in [3.63, 3.8) is 0 Å². The molecular weight excluding hydrogens is 416 g/mol. The molecule has 0 radical (unpaired) electrons. The summed E-state index contributed by atoms with van der Waals surface area (Å²) in [5.74, 6) is 6.63. The van der Waals surface area contributed by atoms with Gasteiger partial charge in [-0.2, -0.15) is 5.10 Å². The average Bonchev–Trinajstić information content (AvgIpc) is 3.19. The van der Waals surface area contributed by atoms with Gasteiger partial charge in [-0.05, 0) is 32.8 Å². The third kappa shape index (κ3) is 4.03. The maximum absolute atomic E-state index is 13.6. The lowest BCUT2D eigenvalue weighted by Crippen LogP contribution is -2.56. The Morgan fingerprint density at radius 2 is 2.12 bits per heavy atom. The van der Waals surface area contributed by atoms with Gasteiger partial charge in [0.25, 0.3) is 5.56 Å². The SMILES string of the molecule is CC#CCN1c2c(cnn(Cc3nc(C)c4ccccc4n3)c2=O)NC1N1CCCC(N)C1. The van der Waals surface area contributed by atoms with Gasteiger partial charge in [0.2, 0.25) is 0 Å². The summed E-state index contributed by atoms with van der Waals surface area (Å²) in [7, 11) is 0. The molecule has 170 valence electrons. The van der Waals surface area contributed by atoms with Crippen LogP contribution in [0.15, 0.2) is 35.3 Å². The van der Waals surface area contributed by atoms with Crippen LogP contribution in [0.2, 0.25) is 0 Å². The first kappa shape index (κ1) is 21.4. The number of piperidine rings is 1. The fraction of sp³-hybridized carbons (Fsp3) is 0.417. The molecule has 9 nitrogen and oxygen atoms in total. The summed E-state index contributed by atoms with van der Waals surface area (Å²) in [6.45, 7) is 6.09. The first-order chi connectivity index (χ1) is 16.0. The largest absolute Gasteiger partial charge is 0.350 e. The highest BCUT2D eigenvalue weighted by atomic mass is 16.1. The number of nitrogens with zero attached hydrogens (tertiary/aromatic N) is 6. The van der Waals surface area contributed by atoms with Crippen LogP contribution < -0.4 is 21.5 Å². The van der Waals surface area contributed by atoms with Gasteiger partial charge in [-0.3, -0.25) is 9.69 Å². The van der Waals surface area contributed by atoms with E-state index in [-0.39, 0.29) is 24.4 Å². The second-order valence-corrected chi connectivity index (χ2v) is 8.58. The zero-order valence-electron chi connectivity index (χ0n) is 19.0. The minimum Gasteiger partial charge on any atom is -0.350 e. The Bertz CT molecular complexity index is 1310. The van der Waals surface area contributed by atoms with Gasteiger partial charge in [-0.1, -0.05) is 24.1 Å². The zero-order chi connectivity index (χ0) is 22.9. The van der Waals surface area contributed by atoms with Crippen LogP contribution in [0.25, 0.3) is 10.9 Å². The summed E-state index contributed by atoms with van der Waals surface area (Å²) >= 11 is 0. The van der Waals surface area contributed by atoms with E-state index in [1.54, 1.807) is 13.1 Å². The van der Waals surface area contributed by atoms with E-state index in [1.165, 1.54) is 4.68 Å². The number of nitrogens with one attached hydrogen (secondary N) is 1. The number of fused-ring (bicyclic) bond motifs is 2. The molecule has 0 spiro atoms. The van der Waals surface area contributed by atoms with Crippen molar-refractivity contribution in [1.29, 1.82) is 0 Å². The Balaban J connectivity index is 1.49. The lowest BCUT2D eigenvalue weighted by Gasteiger charge is -2.39. The fourth-order valence-corrected chi connectivity index (χ4v) is 4.69. The molecule has 0 saturated carbocycles. The monoisotopic (exact) mass is 444 g/mol. The van der Waals surface area contributed by atoms with Crippen LogP contribution in [-0.4, -0.2) is 56.6 Å². The molecule has 0 aliphatic carbocycles. The number of nitrogens with two attached hydrogens (primary N) is 1. The van der Waals surface area contributed by atoms with Crippen LogP contribution in [0, 0.1) is 18.8 Å². The summed E-state index contributed by atoms with van der Waals surface area (Å²) < 4.78 is 1.43. The summed E-state index contributed by atoms with van der Waals surface area (Å²) in [6, 6.07) is 8.00. The molecule has 2 aromatic heterocycles. The smallest absolute Gasteiger partial charge is 0.293 e. The molecular formula is C24H28N8O. The van der Waals surface area contributed by atoms with E-state index in [0.717, 1.165) is 42.5 Å². The van der Waals surface area contributed by atoms with Crippen LogP contribution >= 0.6 is 0 Å². The Morgan fingerprint density at radius 1 is 1.27 bits per heavy atom. The van der Waals surface area contributed by atoms with Gasteiger partial charge in [-0.25, -0.2) is 14.6 Å². The molecule has 1 saturated heterocycles. The number of aromatic nitrogens is 4. The number of anilines is 2. The van der Waals surface area contributed by atoms with Crippen molar-refractivity contribution in [3.05, 3.63) is 52.3 Å². The van der Waals surface area contributed by atoms with Crippen molar-refractivity contribution in [2.45, 2.75) is 45.6 Å². The third-order valence-corrected chi connectivity index (χ3v) is 6.28. The quantitative estimate of drug-likeness (QED) is 0.584. The lowest BCUT2D eigenvalue weighted by atomic mass is 10.1. The standard InChI is InChI=1S/C24H28N8O/c1-3-4-12-31-22-20(29-24(31)30-11-7-8-17(25)14-30)13-26-32(23(22)33)15-21-27-16(2)18-9-5-6-10-19(18)28-21/h5-6,9-10,13,17,24,29H,7-8,11-12,14-15,25H2,1-2H3. The molecule has 2 aliphatic rings. The van der Waals surface area contributed by atoms with Crippen molar-refractivity contribution in [2.24, 2.45) is 5.73 Å². The molecule has 3 N–H and O–H groups in total. The molecule has 5 rings (SSSR count). The first-order valence-electron chi connectivity index (χ1n) is 11.3. The van der Waals surface area contributed by atoms with Crippen molar-refractivity contribution in [1.82, 2.24) is 24.6 Å². The molecule has 2 aliphatic heterocycles. The highest BCUT2D eigenvalue weighted by Gasteiger charge is 2.37. The molecule has 1 aromatic carbocycles. The van der Waals surface area contributed by atoms with E-state index in [0.29, 0.717) is 23.7 Å². The molecule has 1 fully saturated rings. The van der Waals surface area contributed by atoms with E-state index in [9.17, 15) is 4.79 Å². The number of benzene rings is 1. The van der Waals surface area contributed by atoms with Gasteiger partial charge in [0.15, 0.2) is 12.1 Å². The van der Waals surface area contributed by atoms with Crippen LogP contribution in [0.4, 0.5) is 11.4 Å². The Morgan fingerprint density at radius 3 is 2.94 bits per heavy atom. The Hall–Kier alpha value is -3.48. The fourth-order valence-electron chi connectivity index (χ4n) is 4.69. The molecule has 9 heteroatoms. The second kappa shape index (κ2) is 8.81. The highest BCUT2D eigenvalue weighted by Crippen LogP contribution is 2.32. The molecule has 3 aromatic rings. The van der Waals surface area contributed by atoms with E-state index in [4.69, 9.17) is 5.73 Å². The van der Waals surface area contributed by atoms with Gasteiger partial charge in [-0.15, -0.1) is 5.92 Å². The third-order valence-electron chi connectivity index (χ3n) is 6.28. The Kier molecular flexibility index (Phi) is 5.70. The van der Waals surface area contributed by atoms with Gasteiger partial charge in [0, 0.05) is 30.2 Å². The van der Waals surface area contributed by atoms with Crippen LogP contribution in [0.1, 0.15) is 31.3 Å². The predicted octanol–water partition coefficient (Wildman–Crippen LogP) is 1.51. The predicted molar refractivity (Wildman–Crippen MR) is 129 cm³/mol. The average molecular weight is 445 g/mol. The lowest BCUT2D eigenvalue weighted by molar-refractivity contribution is 0.165. The summed E-state index contributed by atoms with van der Waals surface area (Å²) in [5.41, 5.74) is 9.08. The van der Waals surface area contributed by atoms with Crippen LogP contribution in [0.3, 0.4) is 0 Å².